The molecule has 2 rings (SSSR count). The summed E-state index contributed by atoms with van der Waals surface area (Å²) in [7, 11) is 0. The molecule has 1 aromatic carbocycles. The van der Waals surface area contributed by atoms with Gasteiger partial charge >= 0.3 is 0 Å². The van der Waals surface area contributed by atoms with Crippen LogP contribution in [-0.2, 0) is 6.42 Å². The molecule has 1 aliphatic rings. The smallest absolute Gasteiger partial charge is 0.159 e. The maximum atomic E-state index is 11.1. The van der Waals surface area contributed by atoms with Gasteiger partial charge in [0.1, 0.15) is 0 Å². The fraction of sp³-hybridized carbons (Fsp3) is 0.462. The minimum Gasteiger partial charge on any atom is -0.389 e. The molecule has 2 nitrogen and oxygen atoms in total. The SMILES string of the molecule is CC(=O)c1ccc(CC2(O)CCSC2)cc1. The van der Waals surface area contributed by atoms with Gasteiger partial charge in [0.2, 0.25) is 0 Å². The van der Waals surface area contributed by atoms with Crippen LogP contribution < -0.4 is 0 Å². The van der Waals surface area contributed by atoms with Crippen LogP contribution in [0.1, 0.15) is 29.3 Å². The van der Waals surface area contributed by atoms with Crippen molar-refractivity contribution in [1.29, 1.82) is 0 Å². The molecule has 1 heterocycles. The zero-order chi connectivity index (χ0) is 11.6. The number of aliphatic hydroxyl groups is 1. The van der Waals surface area contributed by atoms with Gasteiger partial charge in [0, 0.05) is 17.7 Å². The van der Waals surface area contributed by atoms with Crippen molar-refractivity contribution >= 4 is 17.5 Å². The molecule has 0 saturated carbocycles. The first-order valence-corrected chi connectivity index (χ1v) is 6.65. The number of ketones is 1. The van der Waals surface area contributed by atoms with Crippen LogP contribution in [0.2, 0.25) is 0 Å². The lowest BCUT2D eigenvalue weighted by Gasteiger charge is -2.21. The Bertz CT molecular complexity index is 377. The Morgan fingerprint density at radius 2 is 2.12 bits per heavy atom. The van der Waals surface area contributed by atoms with Gasteiger partial charge in [0.15, 0.2) is 5.78 Å². The third-order valence-electron chi connectivity index (χ3n) is 2.98. The highest BCUT2D eigenvalue weighted by Crippen LogP contribution is 2.30. The Balaban J connectivity index is 2.07. The van der Waals surface area contributed by atoms with Crippen LogP contribution in [-0.4, -0.2) is 28.0 Å². The van der Waals surface area contributed by atoms with Gasteiger partial charge < -0.3 is 5.11 Å². The van der Waals surface area contributed by atoms with E-state index in [1.165, 1.54) is 0 Å². The van der Waals surface area contributed by atoms with Crippen molar-refractivity contribution in [2.24, 2.45) is 0 Å². The third-order valence-corrected chi connectivity index (χ3v) is 4.21. The fourth-order valence-corrected chi connectivity index (χ4v) is 3.27. The summed E-state index contributed by atoms with van der Waals surface area (Å²) in [4.78, 5) is 11.1. The minimum absolute atomic E-state index is 0.0849. The molecule has 1 fully saturated rings. The lowest BCUT2D eigenvalue weighted by atomic mass is 9.93. The molecule has 0 spiro atoms. The normalized spacial score (nSPS) is 24.6. The molecule has 0 aliphatic carbocycles. The van der Waals surface area contributed by atoms with E-state index in [1.807, 2.05) is 24.3 Å². The summed E-state index contributed by atoms with van der Waals surface area (Å²) >= 11 is 1.80. The second-order valence-electron chi connectivity index (χ2n) is 4.46. The van der Waals surface area contributed by atoms with Crippen LogP contribution >= 0.6 is 11.8 Å². The van der Waals surface area contributed by atoms with E-state index in [-0.39, 0.29) is 5.78 Å². The molecule has 3 heteroatoms. The van der Waals surface area contributed by atoms with Gasteiger partial charge in [-0.3, -0.25) is 4.79 Å². The van der Waals surface area contributed by atoms with E-state index in [2.05, 4.69) is 0 Å². The summed E-state index contributed by atoms with van der Waals surface area (Å²) in [5.41, 5.74) is 1.30. The summed E-state index contributed by atoms with van der Waals surface area (Å²) in [5.74, 6) is 1.95. The van der Waals surface area contributed by atoms with Gasteiger partial charge in [-0.2, -0.15) is 11.8 Å². The second-order valence-corrected chi connectivity index (χ2v) is 5.56. The van der Waals surface area contributed by atoms with Crippen LogP contribution in [0.4, 0.5) is 0 Å². The first-order chi connectivity index (χ1) is 7.59. The first-order valence-electron chi connectivity index (χ1n) is 5.49. The van der Waals surface area contributed by atoms with Crippen molar-refractivity contribution in [2.75, 3.05) is 11.5 Å². The van der Waals surface area contributed by atoms with Gasteiger partial charge in [-0.25, -0.2) is 0 Å². The van der Waals surface area contributed by atoms with E-state index in [0.29, 0.717) is 6.42 Å². The molecule has 0 radical (unpaired) electrons. The molecule has 0 aromatic heterocycles. The predicted octanol–water partition coefficient (Wildman–Crippen LogP) is 2.30. The molecule has 16 heavy (non-hydrogen) atoms. The summed E-state index contributed by atoms with van der Waals surface area (Å²) in [6.07, 6.45) is 1.56. The summed E-state index contributed by atoms with van der Waals surface area (Å²) in [5, 5.41) is 10.2. The van der Waals surface area contributed by atoms with Crippen molar-refractivity contribution in [3.63, 3.8) is 0 Å². The molecule has 0 amide bonds. The quantitative estimate of drug-likeness (QED) is 0.818. The number of thioether (sulfide) groups is 1. The zero-order valence-electron chi connectivity index (χ0n) is 9.40. The highest BCUT2D eigenvalue weighted by atomic mass is 32.2. The van der Waals surface area contributed by atoms with Crippen molar-refractivity contribution in [1.82, 2.24) is 0 Å². The Kier molecular flexibility index (Phi) is 3.36. The summed E-state index contributed by atoms with van der Waals surface area (Å²) in [6.45, 7) is 1.57. The molecule has 1 unspecified atom stereocenters. The second kappa shape index (κ2) is 4.60. The number of carbonyl (C=O) groups is 1. The Morgan fingerprint density at radius 1 is 1.44 bits per heavy atom. The Labute approximate surface area is 100 Å². The Hall–Kier alpha value is -0.800. The van der Waals surface area contributed by atoms with Crippen LogP contribution in [0.5, 0.6) is 0 Å². The van der Waals surface area contributed by atoms with E-state index in [0.717, 1.165) is 29.1 Å². The molecule has 0 bridgehead atoms. The fourth-order valence-electron chi connectivity index (χ4n) is 1.97. The van der Waals surface area contributed by atoms with Crippen LogP contribution in [0.3, 0.4) is 0 Å². The average Bonchev–Trinajstić information content (AvgIpc) is 2.65. The van der Waals surface area contributed by atoms with Gasteiger partial charge in [-0.1, -0.05) is 24.3 Å². The van der Waals surface area contributed by atoms with E-state index in [1.54, 1.807) is 18.7 Å². The van der Waals surface area contributed by atoms with Gasteiger partial charge in [-0.05, 0) is 24.7 Å². The van der Waals surface area contributed by atoms with E-state index >= 15 is 0 Å². The highest BCUT2D eigenvalue weighted by molar-refractivity contribution is 7.99. The maximum Gasteiger partial charge on any atom is 0.159 e. The van der Waals surface area contributed by atoms with E-state index in [9.17, 15) is 9.90 Å². The van der Waals surface area contributed by atoms with Crippen molar-refractivity contribution in [3.05, 3.63) is 35.4 Å². The van der Waals surface area contributed by atoms with Gasteiger partial charge in [-0.15, -0.1) is 0 Å². The number of hydrogen-bond acceptors (Lipinski definition) is 3. The molecule has 1 atom stereocenters. The summed E-state index contributed by atoms with van der Waals surface area (Å²) < 4.78 is 0. The van der Waals surface area contributed by atoms with Crippen LogP contribution in [0.15, 0.2) is 24.3 Å². The van der Waals surface area contributed by atoms with Gasteiger partial charge in [0.05, 0.1) is 5.60 Å². The molecular formula is C13H16O2S. The molecule has 1 saturated heterocycles. The van der Waals surface area contributed by atoms with Crippen molar-refractivity contribution in [2.45, 2.75) is 25.4 Å². The van der Waals surface area contributed by atoms with Crippen LogP contribution in [0, 0.1) is 0 Å². The molecule has 1 aliphatic heterocycles. The number of carbonyl (C=O) groups excluding carboxylic acids is 1. The van der Waals surface area contributed by atoms with Crippen LogP contribution in [0.25, 0.3) is 0 Å². The Morgan fingerprint density at radius 3 is 2.62 bits per heavy atom. The molecular weight excluding hydrogens is 220 g/mol. The molecule has 1 N–H and O–H groups in total. The number of rotatable bonds is 3. The number of hydrogen-bond donors (Lipinski definition) is 1. The molecule has 86 valence electrons. The lowest BCUT2D eigenvalue weighted by molar-refractivity contribution is 0.0686. The van der Waals surface area contributed by atoms with Gasteiger partial charge in [0.25, 0.3) is 0 Å². The van der Waals surface area contributed by atoms with Crippen molar-refractivity contribution in [3.8, 4) is 0 Å². The standard InChI is InChI=1S/C13H16O2S/c1-10(14)12-4-2-11(3-5-12)8-13(15)6-7-16-9-13/h2-5,15H,6-9H2,1H3. The van der Waals surface area contributed by atoms with E-state index < -0.39 is 5.60 Å². The number of Topliss-reactive ketones (excluding diaryl/α,β-unsaturated/α-hetero) is 1. The first kappa shape index (κ1) is 11.7. The highest BCUT2D eigenvalue weighted by Gasteiger charge is 2.31. The van der Waals surface area contributed by atoms with E-state index in [4.69, 9.17) is 0 Å². The average molecular weight is 236 g/mol. The summed E-state index contributed by atoms with van der Waals surface area (Å²) in [6, 6.07) is 7.56. The number of benzene rings is 1. The lowest BCUT2D eigenvalue weighted by Crippen LogP contribution is -2.30. The maximum absolute atomic E-state index is 11.1. The predicted molar refractivity (Wildman–Crippen MR) is 67.0 cm³/mol. The zero-order valence-corrected chi connectivity index (χ0v) is 10.2. The van der Waals surface area contributed by atoms with Crippen molar-refractivity contribution < 1.29 is 9.90 Å². The largest absolute Gasteiger partial charge is 0.389 e. The third kappa shape index (κ3) is 2.66. The monoisotopic (exact) mass is 236 g/mol. The molecule has 1 aromatic rings. The topological polar surface area (TPSA) is 37.3 Å². The minimum atomic E-state index is -0.539.